The second kappa shape index (κ2) is 6.18. The molecule has 2 rings (SSSR count). The summed E-state index contributed by atoms with van der Waals surface area (Å²) in [6, 6.07) is 7.98. The van der Waals surface area contributed by atoms with Gasteiger partial charge in [-0.05, 0) is 25.5 Å². The molecule has 0 aliphatic rings. The number of nitrogens with one attached hydrogen (secondary N) is 1. The molecule has 1 N–H and O–H groups in total. The third kappa shape index (κ3) is 2.67. The zero-order valence-corrected chi connectivity index (χ0v) is 11.6. The van der Waals surface area contributed by atoms with Crippen molar-refractivity contribution in [3.05, 3.63) is 36.2 Å². The lowest BCUT2D eigenvalue weighted by Gasteiger charge is -2.14. The predicted octanol–water partition coefficient (Wildman–Crippen LogP) is 3.15. The van der Waals surface area contributed by atoms with Crippen LogP contribution in [0.5, 0.6) is 5.75 Å². The van der Waals surface area contributed by atoms with Crippen LogP contribution in [0.1, 0.15) is 19.4 Å². The molecular formula is C15H19N3O. The molecule has 1 heterocycles. The quantitative estimate of drug-likeness (QED) is 0.893. The van der Waals surface area contributed by atoms with Gasteiger partial charge in [0.25, 0.3) is 0 Å². The van der Waals surface area contributed by atoms with Crippen LogP contribution in [0.25, 0.3) is 11.3 Å². The molecule has 0 aliphatic heterocycles. The van der Waals surface area contributed by atoms with Gasteiger partial charge in [0.05, 0.1) is 12.3 Å². The van der Waals surface area contributed by atoms with Gasteiger partial charge in [0.2, 0.25) is 0 Å². The van der Waals surface area contributed by atoms with Crippen LogP contribution in [-0.2, 0) is 6.42 Å². The van der Waals surface area contributed by atoms with Crippen molar-refractivity contribution in [3.8, 4) is 17.0 Å². The fourth-order valence-electron chi connectivity index (χ4n) is 2.14. The van der Waals surface area contributed by atoms with Crippen LogP contribution in [0.2, 0.25) is 0 Å². The third-order valence-electron chi connectivity index (χ3n) is 2.98. The Morgan fingerprint density at radius 2 is 1.95 bits per heavy atom. The smallest absolute Gasteiger partial charge is 0.132 e. The average Bonchev–Trinajstić information content (AvgIpc) is 2.47. The number of anilines is 1. The summed E-state index contributed by atoms with van der Waals surface area (Å²) in [5, 5.41) is 3.12. The van der Waals surface area contributed by atoms with Crippen molar-refractivity contribution in [2.75, 3.05) is 19.0 Å². The normalized spacial score (nSPS) is 10.3. The molecule has 19 heavy (non-hydrogen) atoms. The van der Waals surface area contributed by atoms with E-state index in [-0.39, 0.29) is 0 Å². The molecule has 0 saturated heterocycles. The summed E-state index contributed by atoms with van der Waals surface area (Å²) in [7, 11) is 1.87. The topological polar surface area (TPSA) is 47.0 Å². The van der Waals surface area contributed by atoms with Crippen molar-refractivity contribution in [2.24, 2.45) is 0 Å². The van der Waals surface area contributed by atoms with Gasteiger partial charge in [0.15, 0.2) is 0 Å². The van der Waals surface area contributed by atoms with Crippen molar-refractivity contribution in [1.29, 1.82) is 0 Å². The summed E-state index contributed by atoms with van der Waals surface area (Å²) in [6.07, 6.45) is 2.45. The minimum atomic E-state index is 0.641. The molecule has 2 aromatic rings. The first kappa shape index (κ1) is 13.3. The Morgan fingerprint density at radius 3 is 2.63 bits per heavy atom. The van der Waals surface area contributed by atoms with Gasteiger partial charge in [-0.2, -0.15) is 0 Å². The Bertz CT molecular complexity index is 555. The minimum absolute atomic E-state index is 0.641. The van der Waals surface area contributed by atoms with E-state index in [1.165, 1.54) is 0 Å². The number of aromatic nitrogens is 2. The number of benzene rings is 1. The highest BCUT2D eigenvalue weighted by molar-refractivity contribution is 5.73. The fraction of sp³-hybridized carbons (Fsp3) is 0.333. The second-order valence-corrected chi connectivity index (χ2v) is 4.08. The summed E-state index contributed by atoms with van der Waals surface area (Å²) in [5.74, 6) is 1.74. The van der Waals surface area contributed by atoms with Crippen LogP contribution in [0, 0.1) is 0 Å². The number of para-hydroxylation sites is 1. The summed E-state index contributed by atoms with van der Waals surface area (Å²) in [4.78, 5) is 8.71. The lowest BCUT2D eigenvalue weighted by Crippen LogP contribution is -2.03. The van der Waals surface area contributed by atoms with Gasteiger partial charge in [0, 0.05) is 18.2 Å². The molecule has 0 fully saturated rings. The molecule has 0 saturated carbocycles. The van der Waals surface area contributed by atoms with Gasteiger partial charge in [0.1, 0.15) is 17.9 Å². The monoisotopic (exact) mass is 257 g/mol. The highest BCUT2D eigenvalue weighted by atomic mass is 16.5. The van der Waals surface area contributed by atoms with Crippen molar-refractivity contribution in [1.82, 2.24) is 9.97 Å². The van der Waals surface area contributed by atoms with Crippen molar-refractivity contribution >= 4 is 5.82 Å². The van der Waals surface area contributed by atoms with E-state index in [2.05, 4.69) is 22.2 Å². The van der Waals surface area contributed by atoms with Crippen LogP contribution in [-0.4, -0.2) is 23.6 Å². The lowest BCUT2D eigenvalue weighted by molar-refractivity contribution is 0.341. The Kier molecular flexibility index (Phi) is 4.34. The van der Waals surface area contributed by atoms with E-state index in [0.29, 0.717) is 6.61 Å². The number of hydrogen-bond donors (Lipinski definition) is 1. The van der Waals surface area contributed by atoms with E-state index in [9.17, 15) is 0 Å². The first-order valence-corrected chi connectivity index (χ1v) is 6.55. The second-order valence-electron chi connectivity index (χ2n) is 4.08. The van der Waals surface area contributed by atoms with E-state index in [1.54, 1.807) is 6.33 Å². The largest absolute Gasteiger partial charge is 0.493 e. The molecule has 0 amide bonds. The van der Waals surface area contributed by atoms with Crippen LogP contribution < -0.4 is 10.1 Å². The number of rotatable bonds is 5. The highest BCUT2D eigenvalue weighted by Gasteiger charge is 2.14. The summed E-state index contributed by atoms with van der Waals surface area (Å²) in [5.41, 5.74) is 3.06. The zero-order valence-electron chi connectivity index (χ0n) is 11.6. The molecular weight excluding hydrogens is 238 g/mol. The zero-order chi connectivity index (χ0) is 13.7. The van der Waals surface area contributed by atoms with Crippen molar-refractivity contribution in [2.45, 2.75) is 20.3 Å². The summed E-state index contributed by atoms with van der Waals surface area (Å²) in [6.45, 7) is 4.73. The highest BCUT2D eigenvalue weighted by Crippen LogP contribution is 2.32. The van der Waals surface area contributed by atoms with E-state index in [4.69, 9.17) is 4.74 Å². The molecule has 100 valence electrons. The minimum Gasteiger partial charge on any atom is -0.493 e. The molecule has 0 unspecified atom stereocenters. The lowest BCUT2D eigenvalue weighted by atomic mass is 10.0. The number of hydrogen-bond acceptors (Lipinski definition) is 4. The van der Waals surface area contributed by atoms with E-state index in [1.807, 2.05) is 38.2 Å². The number of nitrogens with zero attached hydrogens (tertiary/aromatic N) is 2. The maximum atomic E-state index is 5.68. The molecule has 0 spiro atoms. The van der Waals surface area contributed by atoms with Crippen LogP contribution in [0.15, 0.2) is 30.6 Å². The van der Waals surface area contributed by atoms with Crippen LogP contribution >= 0.6 is 0 Å². The van der Waals surface area contributed by atoms with Gasteiger partial charge >= 0.3 is 0 Å². The van der Waals surface area contributed by atoms with Gasteiger partial charge < -0.3 is 10.1 Å². The van der Waals surface area contributed by atoms with E-state index in [0.717, 1.165) is 34.8 Å². The molecule has 0 radical (unpaired) electrons. The Morgan fingerprint density at radius 1 is 1.16 bits per heavy atom. The van der Waals surface area contributed by atoms with Crippen LogP contribution in [0.4, 0.5) is 5.82 Å². The molecule has 4 nitrogen and oxygen atoms in total. The fourth-order valence-corrected chi connectivity index (χ4v) is 2.14. The van der Waals surface area contributed by atoms with Crippen LogP contribution in [0.3, 0.4) is 0 Å². The molecule has 0 aliphatic carbocycles. The first-order chi connectivity index (χ1) is 9.31. The van der Waals surface area contributed by atoms with Gasteiger partial charge in [-0.1, -0.05) is 19.1 Å². The summed E-state index contributed by atoms with van der Waals surface area (Å²) >= 11 is 0. The molecule has 1 aromatic carbocycles. The standard InChI is InChI=1S/C15H19N3O/c1-4-11-14(17-10-18-15(11)16-3)12-8-6-7-9-13(12)19-5-2/h6-10H,4-5H2,1-3H3,(H,16,17,18). The summed E-state index contributed by atoms with van der Waals surface area (Å²) < 4.78 is 5.68. The number of ether oxygens (including phenoxy) is 1. The molecule has 0 bridgehead atoms. The van der Waals surface area contributed by atoms with E-state index >= 15 is 0 Å². The van der Waals surface area contributed by atoms with Crippen molar-refractivity contribution < 1.29 is 4.74 Å². The predicted molar refractivity (Wildman–Crippen MR) is 77.6 cm³/mol. The first-order valence-electron chi connectivity index (χ1n) is 6.55. The SMILES string of the molecule is CCOc1ccccc1-c1ncnc(NC)c1CC. The van der Waals surface area contributed by atoms with Gasteiger partial charge in [-0.15, -0.1) is 0 Å². The Hall–Kier alpha value is -2.10. The van der Waals surface area contributed by atoms with E-state index < -0.39 is 0 Å². The molecule has 4 heteroatoms. The maximum Gasteiger partial charge on any atom is 0.132 e. The Balaban J connectivity index is 2.58. The average molecular weight is 257 g/mol. The van der Waals surface area contributed by atoms with Gasteiger partial charge in [-0.25, -0.2) is 9.97 Å². The molecule has 1 aromatic heterocycles. The Labute approximate surface area is 113 Å². The van der Waals surface area contributed by atoms with Gasteiger partial charge in [-0.3, -0.25) is 0 Å². The third-order valence-corrected chi connectivity index (χ3v) is 2.98. The maximum absolute atomic E-state index is 5.68. The van der Waals surface area contributed by atoms with Crippen molar-refractivity contribution in [3.63, 3.8) is 0 Å². The molecule has 0 atom stereocenters.